The van der Waals surface area contributed by atoms with E-state index in [1.54, 1.807) is 6.92 Å². The van der Waals surface area contributed by atoms with Crippen LogP contribution in [0.1, 0.15) is 56.1 Å². The minimum absolute atomic E-state index is 0.0498. The maximum absolute atomic E-state index is 10.8. The van der Waals surface area contributed by atoms with Crippen LogP contribution < -0.4 is 5.32 Å². The normalized spacial score (nSPS) is 16.5. The summed E-state index contributed by atoms with van der Waals surface area (Å²) in [7, 11) is 0. The highest BCUT2D eigenvalue weighted by Crippen LogP contribution is 2.32. The van der Waals surface area contributed by atoms with Gasteiger partial charge in [-0.15, -0.1) is 0 Å². The van der Waals surface area contributed by atoms with Gasteiger partial charge in [0.25, 0.3) is 0 Å². The second-order valence-electron chi connectivity index (χ2n) is 5.31. The van der Waals surface area contributed by atoms with E-state index in [4.69, 9.17) is 0 Å². The molecule has 1 aliphatic carbocycles. The van der Waals surface area contributed by atoms with Gasteiger partial charge in [-0.05, 0) is 36.3 Å². The third kappa shape index (κ3) is 3.86. The molecule has 0 atom stereocenters. The van der Waals surface area contributed by atoms with Crippen molar-refractivity contribution in [2.75, 3.05) is 6.54 Å². The summed E-state index contributed by atoms with van der Waals surface area (Å²) in [5.41, 5.74) is 2.81. The van der Waals surface area contributed by atoms with E-state index < -0.39 is 0 Å². The van der Waals surface area contributed by atoms with Crippen molar-refractivity contribution in [3.63, 3.8) is 0 Å². The SMILES string of the molecule is CC(=O)NCCc1ccc(C2CCCCC2)cc1. The Balaban J connectivity index is 1.86. The zero-order valence-corrected chi connectivity index (χ0v) is 11.2. The van der Waals surface area contributed by atoms with Gasteiger partial charge in [-0.2, -0.15) is 0 Å². The van der Waals surface area contributed by atoms with Crippen molar-refractivity contribution in [1.82, 2.24) is 5.32 Å². The van der Waals surface area contributed by atoms with Crippen molar-refractivity contribution < 1.29 is 4.79 Å². The highest BCUT2D eigenvalue weighted by molar-refractivity contribution is 5.72. The Bertz CT molecular complexity index is 377. The number of rotatable bonds is 4. The predicted octanol–water partition coefficient (Wildman–Crippen LogP) is 3.41. The summed E-state index contributed by atoms with van der Waals surface area (Å²) in [6.45, 7) is 2.30. The summed E-state index contributed by atoms with van der Waals surface area (Å²) < 4.78 is 0. The molecule has 0 bridgehead atoms. The molecule has 1 fully saturated rings. The summed E-state index contributed by atoms with van der Waals surface area (Å²) >= 11 is 0. The first-order chi connectivity index (χ1) is 8.75. The number of nitrogens with one attached hydrogen (secondary N) is 1. The van der Waals surface area contributed by atoms with Crippen LogP contribution in [0.4, 0.5) is 0 Å². The molecule has 1 aromatic carbocycles. The Hall–Kier alpha value is -1.31. The first-order valence-electron chi connectivity index (χ1n) is 7.09. The van der Waals surface area contributed by atoms with Crippen molar-refractivity contribution in [3.05, 3.63) is 35.4 Å². The molecule has 98 valence electrons. The van der Waals surface area contributed by atoms with Crippen LogP contribution in [0.25, 0.3) is 0 Å². The van der Waals surface area contributed by atoms with E-state index in [0.717, 1.165) is 18.9 Å². The highest BCUT2D eigenvalue weighted by Gasteiger charge is 2.14. The molecule has 18 heavy (non-hydrogen) atoms. The van der Waals surface area contributed by atoms with Crippen molar-refractivity contribution >= 4 is 5.91 Å². The van der Waals surface area contributed by atoms with Crippen LogP contribution >= 0.6 is 0 Å². The molecule has 1 amide bonds. The average Bonchev–Trinajstić information content (AvgIpc) is 2.40. The molecule has 0 unspecified atom stereocenters. The zero-order valence-electron chi connectivity index (χ0n) is 11.2. The fraction of sp³-hybridized carbons (Fsp3) is 0.562. The quantitative estimate of drug-likeness (QED) is 0.865. The Morgan fingerprint density at radius 3 is 2.44 bits per heavy atom. The van der Waals surface area contributed by atoms with Gasteiger partial charge in [-0.1, -0.05) is 43.5 Å². The van der Waals surface area contributed by atoms with Gasteiger partial charge >= 0.3 is 0 Å². The van der Waals surface area contributed by atoms with Gasteiger partial charge in [0.2, 0.25) is 5.91 Å². The van der Waals surface area contributed by atoms with E-state index in [1.807, 2.05) is 0 Å². The fourth-order valence-corrected chi connectivity index (χ4v) is 2.78. The lowest BCUT2D eigenvalue weighted by Gasteiger charge is -2.22. The maximum atomic E-state index is 10.8. The molecule has 1 aromatic rings. The molecule has 2 nitrogen and oxygen atoms in total. The smallest absolute Gasteiger partial charge is 0.216 e. The van der Waals surface area contributed by atoms with Crippen molar-refractivity contribution in [3.8, 4) is 0 Å². The van der Waals surface area contributed by atoms with Gasteiger partial charge in [0.05, 0.1) is 0 Å². The third-order valence-corrected chi connectivity index (χ3v) is 3.84. The van der Waals surface area contributed by atoms with Gasteiger partial charge in [0, 0.05) is 13.5 Å². The molecule has 0 spiro atoms. The molecule has 0 radical (unpaired) electrons. The Morgan fingerprint density at radius 1 is 1.17 bits per heavy atom. The first kappa shape index (κ1) is 13.1. The second kappa shape index (κ2) is 6.58. The summed E-state index contributed by atoms with van der Waals surface area (Å²) in [6, 6.07) is 8.98. The number of benzene rings is 1. The lowest BCUT2D eigenvalue weighted by molar-refractivity contribution is -0.118. The van der Waals surface area contributed by atoms with Crippen molar-refractivity contribution in [1.29, 1.82) is 0 Å². The molecule has 0 heterocycles. The molecule has 1 N–H and O–H groups in total. The van der Waals surface area contributed by atoms with Gasteiger partial charge in [0.15, 0.2) is 0 Å². The van der Waals surface area contributed by atoms with Crippen LogP contribution in [0.15, 0.2) is 24.3 Å². The number of hydrogen-bond acceptors (Lipinski definition) is 1. The Labute approximate surface area is 110 Å². The largest absolute Gasteiger partial charge is 0.356 e. The Morgan fingerprint density at radius 2 is 1.83 bits per heavy atom. The molecular weight excluding hydrogens is 222 g/mol. The molecule has 0 aromatic heterocycles. The number of amides is 1. The van der Waals surface area contributed by atoms with E-state index in [1.165, 1.54) is 43.2 Å². The summed E-state index contributed by atoms with van der Waals surface area (Å²) in [6.07, 6.45) is 7.80. The number of hydrogen-bond donors (Lipinski definition) is 1. The lowest BCUT2D eigenvalue weighted by Crippen LogP contribution is -2.22. The third-order valence-electron chi connectivity index (χ3n) is 3.84. The predicted molar refractivity (Wildman–Crippen MR) is 74.7 cm³/mol. The minimum Gasteiger partial charge on any atom is -0.356 e. The summed E-state index contributed by atoms with van der Waals surface area (Å²) in [5.74, 6) is 0.831. The molecule has 1 saturated carbocycles. The van der Waals surface area contributed by atoms with E-state index in [0.29, 0.717) is 0 Å². The van der Waals surface area contributed by atoms with E-state index in [9.17, 15) is 4.79 Å². The van der Waals surface area contributed by atoms with Crippen LogP contribution in [-0.2, 0) is 11.2 Å². The van der Waals surface area contributed by atoms with Crippen LogP contribution in [-0.4, -0.2) is 12.5 Å². The second-order valence-corrected chi connectivity index (χ2v) is 5.31. The fourth-order valence-electron chi connectivity index (χ4n) is 2.78. The van der Waals surface area contributed by atoms with Crippen LogP contribution in [0.5, 0.6) is 0 Å². The zero-order chi connectivity index (χ0) is 12.8. The molecule has 2 rings (SSSR count). The molecule has 0 aliphatic heterocycles. The molecular formula is C16H23NO. The van der Waals surface area contributed by atoms with Crippen LogP contribution in [0, 0.1) is 0 Å². The molecule has 0 saturated heterocycles. The van der Waals surface area contributed by atoms with E-state index in [-0.39, 0.29) is 5.91 Å². The number of carbonyl (C=O) groups is 1. The highest BCUT2D eigenvalue weighted by atomic mass is 16.1. The minimum atomic E-state index is 0.0498. The first-order valence-corrected chi connectivity index (χ1v) is 7.09. The average molecular weight is 245 g/mol. The molecule has 1 aliphatic rings. The topological polar surface area (TPSA) is 29.1 Å². The van der Waals surface area contributed by atoms with Gasteiger partial charge in [-0.25, -0.2) is 0 Å². The Kier molecular flexibility index (Phi) is 4.80. The van der Waals surface area contributed by atoms with Crippen LogP contribution in [0.3, 0.4) is 0 Å². The van der Waals surface area contributed by atoms with E-state index in [2.05, 4.69) is 29.6 Å². The van der Waals surface area contributed by atoms with Crippen LogP contribution in [0.2, 0.25) is 0 Å². The number of carbonyl (C=O) groups excluding carboxylic acids is 1. The molecule has 2 heteroatoms. The van der Waals surface area contributed by atoms with Crippen molar-refractivity contribution in [2.24, 2.45) is 0 Å². The van der Waals surface area contributed by atoms with Crippen molar-refractivity contribution in [2.45, 2.75) is 51.4 Å². The summed E-state index contributed by atoms with van der Waals surface area (Å²) in [5, 5.41) is 2.83. The maximum Gasteiger partial charge on any atom is 0.216 e. The lowest BCUT2D eigenvalue weighted by atomic mass is 9.84. The van der Waals surface area contributed by atoms with Gasteiger partial charge in [-0.3, -0.25) is 4.79 Å². The van der Waals surface area contributed by atoms with Gasteiger partial charge in [0.1, 0.15) is 0 Å². The van der Waals surface area contributed by atoms with Gasteiger partial charge < -0.3 is 5.32 Å². The standard InChI is InChI=1S/C16H23NO/c1-13(18)17-12-11-14-7-9-16(10-8-14)15-5-3-2-4-6-15/h7-10,15H,2-6,11-12H2,1H3,(H,17,18). The van der Waals surface area contributed by atoms with E-state index >= 15 is 0 Å². The summed E-state index contributed by atoms with van der Waals surface area (Å²) in [4.78, 5) is 10.8. The monoisotopic (exact) mass is 245 g/mol.